The molecule has 0 radical (unpaired) electrons. The molecule has 9 nitrogen and oxygen atoms in total. The number of benzene rings is 1. The molecule has 5 rings (SSSR count). The number of hydrogen-bond acceptors (Lipinski definition) is 6. The van der Waals surface area contributed by atoms with Crippen molar-refractivity contribution in [1.29, 1.82) is 0 Å². The van der Waals surface area contributed by atoms with Gasteiger partial charge >= 0.3 is 0 Å². The van der Waals surface area contributed by atoms with Gasteiger partial charge in [-0.2, -0.15) is 0 Å². The molecular weight excluding hydrogens is 398 g/mol. The summed E-state index contributed by atoms with van der Waals surface area (Å²) in [5.41, 5.74) is 2.03. The van der Waals surface area contributed by atoms with Gasteiger partial charge < -0.3 is 15.5 Å². The van der Waals surface area contributed by atoms with E-state index in [0.29, 0.717) is 38.2 Å². The van der Waals surface area contributed by atoms with Crippen molar-refractivity contribution < 1.29 is 19.2 Å². The number of amides is 4. The zero-order chi connectivity index (χ0) is 21.6. The molecule has 0 bridgehead atoms. The molecule has 4 amide bonds. The van der Waals surface area contributed by atoms with Crippen molar-refractivity contribution in [2.45, 2.75) is 50.4 Å². The molecule has 0 saturated carbocycles. The maximum absolute atomic E-state index is 12.9. The molecule has 0 aliphatic carbocycles. The van der Waals surface area contributed by atoms with E-state index in [-0.39, 0.29) is 24.1 Å². The van der Waals surface area contributed by atoms with Crippen molar-refractivity contribution in [3.05, 3.63) is 34.9 Å². The summed E-state index contributed by atoms with van der Waals surface area (Å²) in [4.78, 5) is 53.2. The van der Waals surface area contributed by atoms with E-state index in [1.165, 1.54) is 0 Å². The van der Waals surface area contributed by atoms with Crippen molar-refractivity contribution in [2.75, 3.05) is 26.2 Å². The van der Waals surface area contributed by atoms with Gasteiger partial charge in [0, 0.05) is 44.7 Å². The van der Waals surface area contributed by atoms with Crippen LogP contribution in [0.15, 0.2) is 18.2 Å². The molecule has 0 aromatic heterocycles. The van der Waals surface area contributed by atoms with Crippen LogP contribution < -0.4 is 16.0 Å². The highest BCUT2D eigenvalue weighted by Crippen LogP contribution is 2.31. The van der Waals surface area contributed by atoms with Crippen LogP contribution in [0.25, 0.3) is 0 Å². The Morgan fingerprint density at radius 1 is 1.13 bits per heavy atom. The Morgan fingerprint density at radius 3 is 2.77 bits per heavy atom. The second-order valence-corrected chi connectivity index (χ2v) is 8.88. The maximum atomic E-state index is 12.9. The summed E-state index contributed by atoms with van der Waals surface area (Å²) in [6, 6.07) is 5.19. The van der Waals surface area contributed by atoms with Gasteiger partial charge in [0.2, 0.25) is 17.7 Å². The highest BCUT2D eigenvalue weighted by Gasteiger charge is 2.47. The van der Waals surface area contributed by atoms with Crippen LogP contribution in [0.2, 0.25) is 0 Å². The summed E-state index contributed by atoms with van der Waals surface area (Å²) in [5.74, 6) is -0.763. The molecule has 9 heteroatoms. The van der Waals surface area contributed by atoms with Crippen molar-refractivity contribution in [3.63, 3.8) is 0 Å². The molecular formula is C22H27N5O4. The van der Waals surface area contributed by atoms with E-state index in [1.54, 1.807) is 4.90 Å². The fourth-order valence-electron chi connectivity index (χ4n) is 5.36. The molecule has 3 N–H and O–H groups in total. The maximum Gasteiger partial charge on any atom is 0.255 e. The minimum Gasteiger partial charge on any atom is -0.353 e. The van der Waals surface area contributed by atoms with E-state index in [9.17, 15) is 19.2 Å². The number of hydrogen-bond donors (Lipinski definition) is 3. The highest BCUT2D eigenvalue weighted by molar-refractivity contribution is 6.05. The van der Waals surface area contributed by atoms with E-state index in [4.69, 9.17) is 0 Å². The Bertz CT molecular complexity index is 955. The summed E-state index contributed by atoms with van der Waals surface area (Å²) in [6.07, 6.45) is 2.40. The lowest BCUT2D eigenvalue weighted by molar-refractivity contribution is -0.139. The third-order valence-corrected chi connectivity index (χ3v) is 7.02. The summed E-state index contributed by atoms with van der Waals surface area (Å²) < 4.78 is 0. The number of carbonyl (C=O) groups excluding carboxylic acids is 4. The zero-order valence-corrected chi connectivity index (χ0v) is 17.4. The number of nitrogens with one attached hydrogen (secondary N) is 3. The lowest BCUT2D eigenvalue weighted by Crippen LogP contribution is -2.69. The molecule has 1 aromatic rings. The second kappa shape index (κ2) is 7.72. The van der Waals surface area contributed by atoms with Crippen LogP contribution in [0.3, 0.4) is 0 Å². The Morgan fingerprint density at radius 2 is 2.00 bits per heavy atom. The fraction of sp³-hybridized carbons (Fsp3) is 0.545. The van der Waals surface area contributed by atoms with Gasteiger partial charge in [0.05, 0.1) is 0 Å². The Balaban J connectivity index is 1.35. The van der Waals surface area contributed by atoms with E-state index >= 15 is 0 Å². The lowest BCUT2D eigenvalue weighted by atomic mass is 9.85. The first-order chi connectivity index (χ1) is 15.0. The van der Waals surface area contributed by atoms with Crippen LogP contribution in [0, 0.1) is 0 Å². The summed E-state index contributed by atoms with van der Waals surface area (Å²) in [6.45, 7) is 3.99. The second-order valence-electron chi connectivity index (χ2n) is 8.88. The van der Waals surface area contributed by atoms with E-state index in [1.807, 2.05) is 18.2 Å². The van der Waals surface area contributed by atoms with Gasteiger partial charge in [0.1, 0.15) is 11.6 Å². The number of piperazine rings is 1. The van der Waals surface area contributed by atoms with Crippen LogP contribution >= 0.6 is 0 Å². The monoisotopic (exact) mass is 425 g/mol. The number of fused-ring (bicyclic) bond motifs is 1. The average molecular weight is 425 g/mol. The lowest BCUT2D eigenvalue weighted by Gasteiger charge is -2.48. The van der Waals surface area contributed by atoms with E-state index < -0.39 is 17.5 Å². The molecule has 2 unspecified atom stereocenters. The Hall–Kier alpha value is -2.78. The predicted octanol–water partition coefficient (Wildman–Crippen LogP) is -0.498. The molecule has 164 valence electrons. The van der Waals surface area contributed by atoms with Gasteiger partial charge in [-0.15, -0.1) is 0 Å². The highest BCUT2D eigenvalue weighted by atomic mass is 16.2. The van der Waals surface area contributed by atoms with Gasteiger partial charge in [0.25, 0.3) is 5.91 Å². The molecule has 4 aliphatic heterocycles. The first-order valence-electron chi connectivity index (χ1n) is 11.0. The van der Waals surface area contributed by atoms with Crippen LogP contribution in [-0.2, 0) is 27.5 Å². The molecule has 3 fully saturated rings. The standard InChI is InChI=1S/C22H27N5O4/c28-18-5-4-17(19(29)25-18)27-12-15-10-14(2-3-16(15)20(27)30)11-26-9-8-24-21(31)22(26)6-1-7-23-13-22/h2-3,10,17,23H,1,4-9,11-13H2,(H,24,31)(H,25,28,29). The Kier molecular flexibility index (Phi) is 5.02. The van der Waals surface area contributed by atoms with Crippen molar-refractivity contribution in [2.24, 2.45) is 0 Å². The van der Waals surface area contributed by atoms with E-state index in [2.05, 4.69) is 20.9 Å². The third kappa shape index (κ3) is 3.41. The van der Waals surface area contributed by atoms with Crippen molar-refractivity contribution >= 4 is 23.6 Å². The SMILES string of the molecule is O=C1CCC(N2Cc3cc(CN4CCNC(=O)C45CCCNC5)ccc3C2=O)C(=O)N1. The largest absolute Gasteiger partial charge is 0.353 e. The quantitative estimate of drug-likeness (QED) is 0.564. The van der Waals surface area contributed by atoms with Crippen LogP contribution in [0.5, 0.6) is 0 Å². The topological polar surface area (TPSA) is 111 Å². The van der Waals surface area contributed by atoms with Crippen LogP contribution in [-0.4, -0.2) is 71.2 Å². The van der Waals surface area contributed by atoms with Gasteiger partial charge in [-0.05, 0) is 43.0 Å². The smallest absolute Gasteiger partial charge is 0.255 e. The van der Waals surface area contributed by atoms with Gasteiger partial charge in [-0.25, -0.2) is 0 Å². The third-order valence-electron chi connectivity index (χ3n) is 7.02. The summed E-state index contributed by atoms with van der Waals surface area (Å²) in [5, 5.41) is 8.73. The summed E-state index contributed by atoms with van der Waals surface area (Å²) >= 11 is 0. The van der Waals surface area contributed by atoms with Gasteiger partial charge in [0.15, 0.2) is 0 Å². The molecule has 1 spiro atoms. The normalized spacial score (nSPS) is 29.2. The predicted molar refractivity (Wildman–Crippen MR) is 111 cm³/mol. The average Bonchev–Trinajstić information content (AvgIpc) is 3.08. The Labute approximate surface area is 180 Å². The van der Waals surface area contributed by atoms with E-state index in [0.717, 1.165) is 37.1 Å². The van der Waals surface area contributed by atoms with Crippen molar-refractivity contribution in [3.8, 4) is 0 Å². The zero-order valence-electron chi connectivity index (χ0n) is 17.4. The van der Waals surface area contributed by atoms with Crippen LogP contribution in [0.1, 0.15) is 47.2 Å². The molecule has 31 heavy (non-hydrogen) atoms. The van der Waals surface area contributed by atoms with Crippen LogP contribution in [0.4, 0.5) is 0 Å². The van der Waals surface area contributed by atoms with Gasteiger partial charge in [-0.3, -0.25) is 29.4 Å². The first-order valence-corrected chi connectivity index (χ1v) is 11.0. The number of imide groups is 1. The number of rotatable bonds is 3. The molecule has 4 heterocycles. The summed E-state index contributed by atoms with van der Waals surface area (Å²) in [7, 11) is 0. The minimum atomic E-state index is -0.608. The van der Waals surface area contributed by atoms with Gasteiger partial charge in [-0.1, -0.05) is 12.1 Å². The number of nitrogens with zero attached hydrogens (tertiary/aromatic N) is 2. The fourth-order valence-corrected chi connectivity index (χ4v) is 5.36. The molecule has 1 aromatic carbocycles. The molecule has 3 saturated heterocycles. The molecule has 4 aliphatic rings. The minimum absolute atomic E-state index is 0.0892. The van der Waals surface area contributed by atoms with Crippen molar-refractivity contribution in [1.82, 2.24) is 25.8 Å². The molecule has 2 atom stereocenters. The number of carbonyl (C=O) groups is 4. The number of piperidine rings is 2. The first kappa shape index (κ1) is 20.1.